The van der Waals surface area contributed by atoms with Gasteiger partial charge in [-0.3, -0.25) is 0 Å². The molecule has 3 aliphatic carbocycles. The van der Waals surface area contributed by atoms with Gasteiger partial charge in [0.1, 0.15) is 0 Å². The summed E-state index contributed by atoms with van der Waals surface area (Å²) in [4.78, 5) is 2.98. The molecule has 2 bridgehead atoms. The molecule has 5 nitrogen and oxygen atoms in total. The van der Waals surface area contributed by atoms with Crippen LogP contribution in [-0.4, -0.2) is 28.5 Å². The van der Waals surface area contributed by atoms with Crippen LogP contribution < -0.4 is 0 Å². The molecular weight excluding hydrogens is 302 g/mol. The fourth-order valence-electron chi connectivity index (χ4n) is 6.16. The maximum Gasteiger partial charge on any atom is 0.0976 e. The molecule has 2 fully saturated rings. The van der Waals surface area contributed by atoms with Gasteiger partial charge in [0.2, 0.25) is 0 Å². The Morgan fingerprint density at radius 3 is 3.04 bits per heavy atom. The molecular formula is C19H23N3O2. The Morgan fingerprint density at radius 1 is 1.33 bits per heavy atom. The molecule has 24 heavy (non-hydrogen) atoms. The number of rotatable bonds is 1. The molecule has 0 unspecified atom stereocenters. The predicted octanol–water partition coefficient (Wildman–Crippen LogP) is 3.96. The lowest BCUT2D eigenvalue weighted by Crippen LogP contribution is -2.54. The number of fused-ring (bicyclic) bond motifs is 1. The molecule has 2 heterocycles. The highest BCUT2D eigenvalue weighted by atomic mass is 16.5. The molecule has 2 spiro atoms. The van der Waals surface area contributed by atoms with Gasteiger partial charge in [-0.1, -0.05) is 36.3 Å². The zero-order chi connectivity index (χ0) is 16.6. The topological polar surface area (TPSA) is 78.2 Å². The van der Waals surface area contributed by atoms with Gasteiger partial charge in [0.05, 0.1) is 23.3 Å². The third-order valence-corrected chi connectivity index (χ3v) is 7.45. The second-order valence-electron chi connectivity index (χ2n) is 8.44. The number of hydrogen-bond donors (Lipinski definition) is 1. The summed E-state index contributed by atoms with van der Waals surface area (Å²) >= 11 is 0. The molecule has 0 aromatic heterocycles. The zero-order valence-corrected chi connectivity index (χ0v) is 14.0. The van der Waals surface area contributed by atoms with Crippen molar-refractivity contribution in [3.8, 4) is 0 Å². The first-order valence-corrected chi connectivity index (χ1v) is 9.06. The van der Waals surface area contributed by atoms with Gasteiger partial charge in [-0.25, -0.2) is 0 Å². The maximum atomic E-state index is 10.6. The molecule has 0 radical (unpaired) electrons. The van der Waals surface area contributed by atoms with Crippen LogP contribution in [0.4, 0.5) is 0 Å². The van der Waals surface area contributed by atoms with Crippen molar-refractivity contribution in [2.24, 2.45) is 16.4 Å². The van der Waals surface area contributed by atoms with E-state index < -0.39 is 0 Å². The monoisotopic (exact) mass is 325 g/mol. The Balaban J connectivity index is 1.62. The SMILES string of the molecule is C[C@]12CC=C3C=C4C=C[C@@H](N=[N+]=[N-])C[C@]45CC[C@]3(O5)[C@@H]1CC[C@@H]2O. The number of hydrogen-bond acceptors (Lipinski definition) is 3. The number of aliphatic hydroxyl groups is 1. The van der Waals surface area contributed by atoms with Crippen molar-refractivity contribution in [1.29, 1.82) is 0 Å². The summed E-state index contributed by atoms with van der Waals surface area (Å²) in [6.07, 6.45) is 14.0. The largest absolute Gasteiger partial charge is 0.393 e. The van der Waals surface area contributed by atoms with E-state index in [0.717, 1.165) is 38.5 Å². The van der Waals surface area contributed by atoms with Crippen molar-refractivity contribution in [1.82, 2.24) is 0 Å². The first kappa shape index (κ1) is 14.8. The Bertz CT molecular complexity index is 750. The normalized spacial score (nSPS) is 51.0. The molecule has 5 rings (SSSR count). The lowest BCUT2D eigenvalue weighted by atomic mass is 9.60. The number of azide groups is 1. The first-order chi connectivity index (χ1) is 11.5. The van der Waals surface area contributed by atoms with Crippen molar-refractivity contribution >= 4 is 0 Å². The average molecular weight is 325 g/mol. The summed E-state index contributed by atoms with van der Waals surface area (Å²) in [6.45, 7) is 2.23. The quantitative estimate of drug-likeness (QED) is 0.450. The highest BCUT2D eigenvalue weighted by Gasteiger charge is 2.66. The minimum atomic E-state index is -0.309. The third kappa shape index (κ3) is 1.60. The Hall–Kier alpha value is -1.55. The average Bonchev–Trinajstić information content (AvgIpc) is 3.03. The van der Waals surface area contributed by atoms with Crippen molar-refractivity contribution in [3.63, 3.8) is 0 Å². The van der Waals surface area contributed by atoms with Crippen molar-refractivity contribution in [2.75, 3.05) is 0 Å². The Morgan fingerprint density at radius 2 is 2.21 bits per heavy atom. The highest BCUT2D eigenvalue weighted by molar-refractivity contribution is 5.51. The van der Waals surface area contributed by atoms with Crippen LogP contribution in [0.15, 0.2) is 40.6 Å². The highest BCUT2D eigenvalue weighted by Crippen LogP contribution is 2.65. The van der Waals surface area contributed by atoms with Crippen LogP contribution in [0.5, 0.6) is 0 Å². The lowest BCUT2D eigenvalue weighted by Gasteiger charge is -2.53. The van der Waals surface area contributed by atoms with Crippen LogP contribution >= 0.6 is 0 Å². The van der Waals surface area contributed by atoms with Gasteiger partial charge >= 0.3 is 0 Å². The van der Waals surface area contributed by atoms with Gasteiger partial charge in [-0.05, 0) is 55.2 Å². The van der Waals surface area contributed by atoms with Crippen molar-refractivity contribution < 1.29 is 9.84 Å². The van der Waals surface area contributed by atoms with E-state index in [0.29, 0.717) is 5.92 Å². The van der Waals surface area contributed by atoms with E-state index in [4.69, 9.17) is 10.3 Å². The summed E-state index contributed by atoms with van der Waals surface area (Å²) in [6, 6.07) is -0.128. The van der Waals surface area contributed by atoms with Crippen LogP contribution in [0.2, 0.25) is 0 Å². The van der Waals surface area contributed by atoms with E-state index in [2.05, 4.69) is 35.2 Å². The summed E-state index contributed by atoms with van der Waals surface area (Å²) in [5.74, 6) is 0.376. The number of allylic oxidation sites excluding steroid dienone is 1. The fraction of sp³-hybridized carbons (Fsp3) is 0.684. The minimum absolute atomic E-state index is 0.0743. The van der Waals surface area contributed by atoms with E-state index in [1.165, 1.54) is 11.1 Å². The van der Waals surface area contributed by atoms with Crippen LogP contribution in [0.1, 0.15) is 45.4 Å². The number of nitrogens with zero attached hydrogens (tertiary/aromatic N) is 3. The molecule has 1 N–H and O–H groups in total. The summed E-state index contributed by atoms with van der Waals surface area (Å²) in [5, 5.41) is 14.5. The molecule has 0 aromatic carbocycles. The van der Waals surface area contributed by atoms with Gasteiger partial charge in [-0.15, -0.1) is 0 Å². The molecule has 1 saturated heterocycles. The minimum Gasteiger partial charge on any atom is -0.393 e. The summed E-state index contributed by atoms with van der Waals surface area (Å²) in [7, 11) is 0. The predicted molar refractivity (Wildman–Crippen MR) is 90.1 cm³/mol. The second kappa shape index (κ2) is 4.54. The number of ether oxygens (including phenoxy) is 1. The van der Waals surface area contributed by atoms with E-state index >= 15 is 0 Å². The van der Waals surface area contributed by atoms with Gasteiger partial charge in [0.25, 0.3) is 0 Å². The standard InChI is InChI=1S/C19H23N3O2/c1-17-7-6-13-10-12-2-3-14(21-22-20)11-18(12)8-9-19(13,24-18)15(17)4-5-16(17)23/h2-3,6,10,14-16,23H,4-5,7-9,11H2,1H3/t14-,15-,16+,17+,18-,19-/m1/s1. The maximum absolute atomic E-state index is 10.6. The lowest BCUT2D eigenvalue weighted by molar-refractivity contribution is -0.137. The molecule has 5 heteroatoms. The fourth-order valence-corrected chi connectivity index (χ4v) is 6.16. The van der Waals surface area contributed by atoms with E-state index in [1.54, 1.807) is 0 Å². The second-order valence-corrected chi connectivity index (χ2v) is 8.44. The molecule has 126 valence electrons. The zero-order valence-electron chi connectivity index (χ0n) is 14.0. The van der Waals surface area contributed by atoms with Crippen molar-refractivity contribution in [2.45, 2.75) is 68.8 Å². The van der Waals surface area contributed by atoms with E-state index in [1.807, 2.05) is 6.08 Å². The van der Waals surface area contributed by atoms with Gasteiger partial charge in [0, 0.05) is 16.2 Å². The molecule has 0 amide bonds. The first-order valence-electron chi connectivity index (χ1n) is 9.06. The van der Waals surface area contributed by atoms with Crippen LogP contribution in [-0.2, 0) is 4.74 Å². The molecule has 5 aliphatic rings. The summed E-state index contributed by atoms with van der Waals surface area (Å²) in [5.41, 5.74) is 10.7. The number of aliphatic hydroxyl groups excluding tert-OH is 1. The third-order valence-electron chi connectivity index (χ3n) is 7.45. The van der Waals surface area contributed by atoms with Crippen LogP contribution in [0.3, 0.4) is 0 Å². The van der Waals surface area contributed by atoms with Crippen LogP contribution in [0.25, 0.3) is 10.4 Å². The van der Waals surface area contributed by atoms with Gasteiger partial charge < -0.3 is 9.84 Å². The smallest absolute Gasteiger partial charge is 0.0976 e. The van der Waals surface area contributed by atoms with Gasteiger partial charge in [-0.2, -0.15) is 0 Å². The van der Waals surface area contributed by atoms with Crippen molar-refractivity contribution in [3.05, 3.63) is 45.9 Å². The Kier molecular flexibility index (Phi) is 2.79. The molecule has 1 saturated carbocycles. The molecule has 2 aliphatic heterocycles. The molecule has 6 atom stereocenters. The summed E-state index contributed by atoms with van der Waals surface area (Å²) < 4.78 is 6.90. The van der Waals surface area contributed by atoms with Crippen LogP contribution in [0, 0.1) is 11.3 Å². The Labute approximate surface area is 141 Å². The van der Waals surface area contributed by atoms with E-state index in [-0.39, 0.29) is 28.8 Å². The van der Waals surface area contributed by atoms with E-state index in [9.17, 15) is 5.11 Å². The van der Waals surface area contributed by atoms with Gasteiger partial charge in [0.15, 0.2) is 0 Å². The molecule has 0 aromatic rings.